The summed E-state index contributed by atoms with van der Waals surface area (Å²) in [6.07, 6.45) is 1.48. The molecular weight excluding hydrogens is 336 g/mol. The molecule has 1 aromatic carbocycles. The summed E-state index contributed by atoms with van der Waals surface area (Å²) in [7, 11) is 4.77. The average molecular weight is 356 g/mol. The second-order valence-corrected chi connectivity index (χ2v) is 5.73. The summed E-state index contributed by atoms with van der Waals surface area (Å²) >= 11 is 0. The Morgan fingerprint density at radius 2 is 2.15 bits per heavy atom. The van der Waals surface area contributed by atoms with Crippen LogP contribution in [0, 0.1) is 0 Å². The van der Waals surface area contributed by atoms with Gasteiger partial charge in [0, 0.05) is 25.4 Å². The lowest BCUT2D eigenvalue weighted by molar-refractivity contribution is -0.116. The molecule has 2 N–H and O–H groups in total. The maximum atomic E-state index is 12.5. The van der Waals surface area contributed by atoms with E-state index in [1.54, 1.807) is 33.4 Å². The van der Waals surface area contributed by atoms with Crippen LogP contribution in [0.3, 0.4) is 0 Å². The molecule has 136 valence electrons. The van der Waals surface area contributed by atoms with E-state index in [9.17, 15) is 9.59 Å². The van der Waals surface area contributed by atoms with Crippen LogP contribution in [0.15, 0.2) is 30.5 Å². The number of para-hydroxylation sites is 1. The lowest BCUT2D eigenvalue weighted by atomic mass is 10.1. The fourth-order valence-corrected chi connectivity index (χ4v) is 2.75. The van der Waals surface area contributed by atoms with Crippen molar-refractivity contribution in [2.24, 2.45) is 0 Å². The van der Waals surface area contributed by atoms with Crippen LogP contribution < -0.4 is 25.0 Å². The first-order valence-corrected chi connectivity index (χ1v) is 8.03. The first-order valence-electron chi connectivity index (χ1n) is 8.03. The van der Waals surface area contributed by atoms with Crippen molar-refractivity contribution in [3.63, 3.8) is 0 Å². The van der Waals surface area contributed by atoms with Gasteiger partial charge in [0.05, 0.1) is 32.0 Å². The Kier molecular flexibility index (Phi) is 4.92. The van der Waals surface area contributed by atoms with Crippen LogP contribution in [-0.2, 0) is 11.3 Å². The first-order chi connectivity index (χ1) is 12.5. The molecule has 8 heteroatoms. The third-order valence-electron chi connectivity index (χ3n) is 4.20. The van der Waals surface area contributed by atoms with E-state index in [0.717, 1.165) is 5.56 Å². The number of nitrogens with one attached hydrogen (secondary N) is 2. The van der Waals surface area contributed by atoms with E-state index in [0.29, 0.717) is 28.6 Å². The zero-order valence-corrected chi connectivity index (χ0v) is 14.8. The van der Waals surface area contributed by atoms with Gasteiger partial charge in [-0.05, 0) is 12.1 Å². The van der Waals surface area contributed by atoms with Gasteiger partial charge in [-0.1, -0.05) is 12.1 Å². The summed E-state index contributed by atoms with van der Waals surface area (Å²) in [4.78, 5) is 30.0. The molecule has 0 saturated carbocycles. The minimum atomic E-state index is -0.295. The second kappa shape index (κ2) is 7.30. The molecule has 2 amide bonds. The number of fused-ring (bicyclic) bond motifs is 1. The van der Waals surface area contributed by atoms with E-state index in [4.69, 9.17) is 9.47 Å². The molecule has 2 aromatic rings. The molecule has 0 spiro atoms. The lowest BCUT2D eigenvalue weighted by Gasteiger charge is -2.26. The Morgan fingerprint density at radius 1 is 1.35 bits per heavy atom. The number of nitrogens with zero attached hydrogens (tertiary/aromatic N) is 2. The molecule has 1 aliphatic heterocycles. The van der Waals surface area contributed by atoms with Gasteiger partial charge in [0.2, 0.25) is 5.91 Å². The van der Waals surface area contributed by atoms with Gasteiger partial charge in [-0.3, -0.25) is 9.59 Å². The van der Waals surface area contributed by atoms with E-state index < -0.39 is 0 Å². The van der Waals surface area contributed by atoms with Gasteiger partial charge in [-0.2, -0.15) is 0 Å². The summed E-state index contributed by atoms with van der Waals surface area (Å²) in [6.45, 7) is 0.459. The van der Waals surface area contributed by atoms with Gasteiger partial charge in [0.25, 0.3) is 5.91 Å². The molecule has 0 bridgehead atoms. The fraction of sp³-hybridized carbons (Fsp3) is 0.278. The Bertz CT molecular complexity index is 853. The number of aromatic nitrogens is 1. The van der Waals surface area contributed by atoms with Crippen molar-refractivity contribution >= 4 is 23.3 Å². The van der Waals surface area contributed by atoms with Gasteiger partial charge >= 0.3 is 0 Å². The van der Waals surface area contributed by atoms with Crippen molar-refractivity contribution in [3.8, 4) is 11.5 Å². The second-order valence-electron chi connectivity index (χ2n) is 5.73. The van der Waals surface area contributed by atoms with Crippen molar-refractivity contribution in [1.82, 2.24) is 10.3 Å². The number of pyridine rings is 1. The van der Waals surface area contributed by atoms with Gasteiger partial charge in [-0.15, -0.1) is 0 Å². The molecule has 0 unspecified atom stereocenters. The van der Waals surface area contributed by atoms with Gasteiger partial charge in [0.15, 0.2) is 11.5 Å². The van der Waals surface area contributed by atoms with Crippen LogP contribution in [0.1, 0.15) is 15.9 Å². The molecular formula is C18H20N4O4. The highest BCUT2D eigenvalue weighted by molar-refractivity contribution is 6.03. The van der Waals surface area contributed by atoms with Crippen molar-refractivity contribution in [1.29, 1.82) is 0 Å². The van der Waals surface area contributed by atoms with Crippen LogP contribution >= 0.6 is 0 Å². The van der Waals surface area contributed by atoms with Crippen molar-refractivity contribution < 1.29 is 19.1 Å². The van der Waals surface area contributed by atoms with Gasteiger partial charge in [-0.25, -0.2) is 4.98 Å². The third kappa shape index (κ3) is 3.26. The Labute approximate surface area is 151 Å². The minimum Gasteiger partial charge on any atom is -0.493 e. The third-order valence-corrected chi connectivity index (χ3v) is 4.20. The Balaban J connectivity index is 1.77. The summed E-state index contributed by atoms with van der Waals surface area (Å²) < 4.78 is 10.6. The summed E-state index contributed by atoms with van der Waals surface area (Å²) in [5.41, 5.74) is 1.74. The number of likely N-dealkylation sites (N-methyl/N-ethyl adjacent to an activating group) is 1. The monoisotopic (exact) mass is 356 g/mol. The predicted octanol–water partition coefficient (Wildman–Crippen LogP) is 1.42. The molecule has 8 nitrogen and oxygen atoms in total. The van der Waals surface area contributed by atoms with Crippen LogP contribution in [0.25, 0.3) is 0 Å². The number of rotatable bonds is 5. The molecule has 3 rings (SSSR count). The van der Waals surface area contributed by atoms with Gasteiger partial charge in [0.1, 0.15) is 5.82 Å². The summed E-state index contributed by atoms with van der Waals surface area (Å²) in [5.74, 6) is 1.38. The highest BCUT2D eigenvalue weighted by Gasteiger charge is 2.23. The molecule has 1 aliphatic rings. The minimum absolute atomic E-state index is 0.0852. The number of anilines is 2. The normalized spacial score (nSPS) is 12.9. The van der Waals surface area contributed by atoms with Crippen LogP contribution in [0.2, 0.25) is 0 Å². The fourth-order valence-electron chi connectivity index (χ4n) is 2.75. The number of hydrogen-bond acceptors (Lipinski definition) is 6. The zero-order valence-electron chi connectivity index (χ0n) is 14.8. The molecule has 1 aromatic heterocycles. The summed E-state index contributed by atoms with van der Waals surface area (Å²) in [5, 5.41) is 5.77. The molecule has 0 saturated heterocycles. The molecule has 0 aliphatic carbocycles. The molecule has 0 atom stereocenters. The first kappa shape index (κ1) is 17.5. The van der Waals surface area contributed by atoms with E-state index in [1.807, 2.05) is 12.1 Å². The van der Waals surface area contributed by atoms with E-state index in [2.05, 4.69) is 15.6 Å². The largest absolute Gasteiger partial charge is 0.493 e. The number of carbonyl (C=O) groups is 2. The summed E-state index contributed by atoms with van der Waals surface area (Å²) in [6, 6.07) is 7.11. The Hall–Kier alpha value is -3.29. The lowest BCUT2D eigenvalue weighted by Crippen LogP contribution is -2.37. The number of amides is 2. The van der Waals surface area contributed by atoms with Crippen LogP contribution in [0.4, 0.5) is 11.5 Å². The van der Waals surface area contributed by atoms with E-state index in [-0.39, 0.29) is 24.9 Å². The standard InChI is InChI=1S/C18H20N4O4/c1-22-13-7-12(9-19-17(13)20-10-15(22)23)18(24)21-8-11-5-4-6-14(25-2)16(11)26-3/h4-7,9H,8,10H2,1-3H3,(H,19,20)(H,21,24). The SMILES string of the molecule is COc1cccc(CNC(=O)c2cnc3c(c2)N(C)C(=O)CN3)c1OC. The number of methoxy groups -OCH3 is 2. The highest BCUT2D eigenvalue weighted by Crippen LogP contribution is 2.31. The molecule has 2 heterocycles. The molecule has 26 heavy (non-hydrogen) atoms. The highest BCUT2D eigenvalue weighted by atomic mass is 16.5. The van der Waals surface area contributed by atoms with E-state index in [1.165, 1.54) is 11.1 Å². The average Bonchev–Trinajstić information content (AvgIpc) is 2.68. The van der Waals surface area contributed by atoms with E-state index >= 15 is 0 Å². The molecule has 0 fully saturated rings. The zero-order chi connectivity index (χ0) is 18.7. The van der Waals surface area contributed by atoms with Crippen molar-refractivity contribution in [2.75, 3.05) is 38.0 Å². The predicted molar refractivity (Wildman–Crippen MR) is 96.9 cm³/mol. The van der Waals surface area contributed by atoms with Crippen LogP contribution in [0.5, 0.6) is 11.5 Å². The van der Waals surface area contributed by atoms with Gasteiger partial charge < -0.3 is 25.0 Å². The smallest absolute Gasteiger partial charge is 0.253 e. The number of benzene rings is 1. The van der Waals surface area contributed by atoms with Crippen molar-refractivity contribution in [3.05, 3.63) is 41.6 Å². The Morgan fingerprint density at radius 3 is 2.88 bits per heavy atom. The number of carbonyl (C=O) groups excluding carboxylic acids is 2. The molecule has 0 radical (unpaired) electrons. The maximum Gasteiger partial charge on any atom is 0.253 e. The number of hydrogen-bond donors (Lipinski definition) is 2. The quantitative estimate of drug-likeness (QED) is 0.842. The maximum absolute atomic E-state index is 12.5. The topological polar surface area (TPSA) is 92.8 Å². The number of ether oxygens (including phenoxy) is 2. The van der Waals surface area contributed by atoms with Crippen LogP contribution in [-0.4, -0.2) is 44.6 Å². The van der Waals surface area contributed by atoms with Crippen molar-refractivity contribution in [2.45, 2.75) is 6.54 Å².